The smallest absolute Gasteiger partial charge is 0.142 e. The van der Waals surface area contributed by atoms with Crippen LogP contribution in [0.15, 0.2) is 18.2 Å². The molecule has 1 heterocycles. The molecule has 1 N–H and O–H groups in total. The van der Waals surface area contributed by atoms with E-state index in [0.717, 1.165) is 37.3 Å². The fourth-order valence-corrected chi connectivity index (χ4v) is 3.88. The Kier molecular flexibility index (Phi) is 4.92. The fourth-order valence-electron chi connectivity index (χ4n) is 2.54. The molecule has 4 nitrogen and oxygen atoms in total. The number of hydrogen-bond acceptors (Lipinski definition) is 4. The van der Waals surface area contributed by atoms with Crippen molar-refractivity contribution in [2.45, 2.75) is 43.9 Å². The molecule has 1 fully saturated rings. The zero-order chi connectivity index (χ0) is 13.7. The maximum Gasteiger partial charge on any atom is 0.142 e. The highest BCUT2D eigenvalue weighted by Crippen LogP contribution is 2.25. The Labute approximate surface area is 116 Å². The van der Waals surface area contributed by atoms with Crippen LogP contribution in [0.25, 0.3) is 0 Å². The summed E-state index contributed by atoms with van der Waals surface area (Å²) in [4.78, 5) is 4.23. The van der Waals surface area contributed by atoms with E-state index in [-0.39, 0.29) is 0 Å². The number of nitriles is 1. The van der Waals surface area contributed by atoms with Crippen LogP contribution in [0.1, 0.15) is 38.3 Å². The Bertz CT molecular complexity index is 498. The Morgan fingerprint density at radius 3 is 3.11 bits per heavy atom. The SMILES string of the molecule is CC[S@](=O)[C@H]1CCC[C@H](Nc2cccc(C#N)n2)C1. The highest BCUT2D eigenvalue weighted by atomic mass is 32.2. The lowest BCUT2D eigenvalue weighted by atomic mass is 9.95. The molecule has 1 aliphatic carbocycles. The molecule has 2 rings (SSSR count). The Morgan fingerprint density at radius 1 is 1.53 bits per heavy atom. The molecule has 1 aromatic rings. The van der Waals surface area contributed by atoms with Gasteiger partial charge in [-0.3, -0.25) is 4.21 Å². The summed E-state index contributed by atoms with van der Waals surface area (Å²) in [6.07, 6.45) is 4.17. The van der Waals surface area contributed by atoms with Gasteiger partial charge in [-0.05, 0) is 31.4 Å². The molecule has 1 aromatic heterocycles. The number of aromatic nitrogens is 1. The van der Waals surface area contributed by atoms with E-state index in [0.29, 0.717) is 17.0 Å². The van der Waals surface area contributed by atoms with Crippen LogP contribution in [0, 0.1) is 11.3 Å². The van der Waals surface area contributed by atoms with E-state index in [1.807, 2.05) is 25.1 Å². The molecule has 1 aliphatic rings. The first-order valence-corrected chi connectivity index (χ1v) is 8.12. The first-order valence-electron chi connectivity index (χ1n) is 6.73. The van der Waals surface area contributed by atoms with Crippen molar-refractivity contribution in [1.29, 1.82) is 5.26 Å². The summed E-state index contributed by atoms with van der Waals surface area (Å²) < 4.78 is 11.9. The lowest BCUT2D eigenvalue weighted by Gasteiger charge is -2.29. The third kappa shape index (κ3) is 3.77. The predicted molar refractivity (Wildman–Crippen MR) is 77.3 cm³/mol. The number of nitrogens with one attached hydrogen (secondary N) is 1. The third-order valence-electron chi connectivity index (χ3n) is 3.50. The van der Waals surface area contributed by atoms with Gasteiger partial charge in [0.1, 0.15) is 17.6 Å². The molecule has 102 valence electrons. The van der Waals surface area contributed by atoms with E-state index in [1.165, 1.54) is 0 Å². The van der Waals surface area contributed by atoms with Crippen LogP contribution in [0.4, 0.5) is 5.82 Å². The normalized spacial score (nSPS) is 24.4. The highest BCUT2D eigenvalue weighted by Gasteiger charge is 2.25. The molecule has 0 unspecified atom stereocenters. The zero-order valence-electron chi connectivity index (χ0n) is 11.1. The van der Waals surface area contributed by atoms with Crippen LogP contribution in [-0.4, -0.2) is 26.2 Å². The summed E-state index contributed by atoms with van der Waals surface area (Å²) in [5.41, 5.74) is 0.425. The molecule has 0 radical (unpaired) electrons. The van der Waals surface area contributed by atoms with Crippen molar-refractivity contribution in [3.63, 3.8) is 0 Å². The first kappa shape index (κ1) is 14.0. The predicted octanol–water partition coefficient (Wildman–Crippen LogP) is 2.44. The average molecular weight is 277 g/mol. The molecule has 0 aliphatic heterocycles. The minimum atomic E-state index is -0.711. The van der Waals surface area contributed by atoms with Gasteiger partial charge in [0, 0.05) is 27.8 Å². The standard InChI is InChI=1S/C14H19N3OS/c1-2-19(18)13-7-3-5-11(9-13)16-14-8-4-6-12(10-15)17-14/h4,6,8,11,13H,2-3,5,7,9H2,1H3,(H,16,17)/t11-,13-,19-/m0/s1. The van der Waals surface area contributed by atoms with Crippen molar-refractivity contribution in [3.8, 4) is 6.07 Å². The maximum absolute atomic E-state index is 11.9. The molecule has 0 aromatic carbocycles. The lowest BCUT2D eigenvalue weighted by Crippen LogP contribution is -2.33. The van der Waals surface area contributed by atoms with Gasteiger partial charge in [-0.15, -0.1) is 0 Å². The van der Waals surface area contributed by atoms with Gasteiger partial charge in [0.05, 0.1) is 0 Å². The van der Waals surface area contributed by atoms with Gasteiger partial charge < -0.3 is 5.32 Å². The fraction of sp³-hybridized carbons (Fsp3) is 0.571. The summed E-state index contributed by atoms with van der Waals surface area (Å²) in [5.74, 6) is 1.48. The van der Waals surface area contributed by atoms with Gasteiger partial charge in [0.25, 0.3) is 0 Å². The molecule has 0 amide bonds. The second-order valence-electron chi connectivity index (χ2n) is 4.82. The van der Waals surface area contributed by atoms with Crippen molar-refractivity contribution in [1.82, 2.24) is 4.98 Å². The third-order valence-corrected chi connectivity index (χ3v) is 5.24. The number of hydrogen-bond donors (Lipinski definition) is 1. The van der Waals surface area contributed by atoms with Gasteiger partial charge in [-0.1, -0.05) is 19.4 Å². The van der Waals surface area contributed by atoms with E-state index < -0.39 is 10.8 Å². The molecular formula is C14H19N3OS. The van der Waals surface area contributed by atoms with Gasteiger partial charge in [0.2, 0.25) is 0 Å². The second kappa shape index (κ2) is 6.67. The largest absolute Gasteiger partial charge is 0.367 e. The van der Waals surface area contributed by atoms with Crippen LogP contribution in [0.3, 0.4) is 0 Å². The van der Waals surface area contributed by atoms with Crippen molar-refractivity contribution in [2.24, 2.45) is 0 Å². The topological polar surface area (TPSA) is 65.8 Å². The number of nitrogens with zero attached hydrogens (tertiary/aromatic N) is 2. The van der Waals surface area contributed by atoms with E-state index in [2.05, 4.69) is 10.3 Å². The quantitative estimate of drug-likeness (QED) is 0.918. The molecule has 0 bridgehead atoms. The Morgan fingerprint density at radius 2 is 2.37 bits per heavy atom. The monoisotopic (exact) mass is 277 g/mol. The van der Waals surface area contributed by atoms with Gasteiger partial charge in [0.15, 0.2) is 0 Å². The maximum atomic E-state index is 11.9. The lowest BCUT2D eigenvalue weighted by molar-refractivity contribution is 0.464. The number of anilines is 1. The van der Waals surface area contributed by atoms with Crippen LogP contribution in [-0.2, 0) is 10.8 Å². The first-order chi connectivity index (χ1) is 9.22. The minimum Gasteiger partial charge on any atom is -0.367 e. The van der Waals surface area contributed by atoms with Crippen molar-refractivity contribution < 1.29 is 4.21 Å². The Balaban J connectivity index is 1.98. The average Bonchev–Trinajstić information content (AvgIpc) is 2.47. The summed E-state index contributed by atoms with van der Waals surface area (Å²) >= 11 is 0. The molecule has 0 saturated heterocycles. The number of rotatable bonds is 4. The molecule has 19 heavy (non-hydrogen) atoms. The van der Waals surface area contributed by atoms with Crippen molar-refractivity contribution in [2.75, 3.05) is 11.1 Å². The molecular weight excluding hydrogens is 258 g/mol. The minimum absolute atomic E-state index is 0.301. The van der Waals surface area contributed by atoms with Crippen LogP contribution in [0.5, 0.6) is 0 Å². The molecule has 5 heteroatoms. The highest BCUT2D eigenvalue weighted by molar-refractivity contribution is 7.85. The van der Waals surface area contributed by atoms with Crippen molar-refractivity contribution in [3.05, 3.63) is 23.9 Å². The summed E-state index contributed by atoms with van der Waals surface area (Å²) in [6, 6.07) is 7.76. The van der Waals surface area contributed by atoms with Gasteiger partial charge in [-0.25, -0.2) is 4.98 Å². The zero-order valence-corrected chi connectivity index (χ0v) is 11.9. The van der Waals surface area contributed by atoms with Crippen LogP contribution >= 0.6 is 0 Å². The van der Waals surface area contributed by atoms with E-state index >= 15 is 0 Å². The summed E-state index contributed by atoms with van der Waals surface area (Å²) in [5, 5.41) is 12.5. The summed E-state index contributed by atoms with van der Waals surface area (Å²) in [6.45, 7) is 1.98. The van der Waals surface area contributed by atoms with Crippen LogP contribution in [0.2, 0.25) is 0 Å². The second-order valence-corrected chi connectivity index (χ2v) is 6.82. The molecule has 1 saturated carbocycles. The molecule has 0 spiro atoms. The Hall–Kier alpha value is -1.41. The van der Waals surface area contributed by atoms with E-state index in [4.69, 9.17) is 5.26 Å². The van der Waals surface area contributed by atoms with Gasteiger partial charge in [-0.2, -0.15) is 5.26 Å². The van der Waals surface area contributed by atoms with Crippen LogP contribution < -0.4 is 5.32 Å². The molecule has 3 atom stereocenters. The van der Waals surface area contributed by atoms with E-state index in [1.54, 1.807) is 6.07 Å². The van der Waals surface area contributed by atoms with Gasteiger partial charge >= 0.3 is 0 Å². The van der Waals surface area contributed by atoms with E-state index in [9.17, 15) is 4.21 Å². The number of pyridine rings is 1. The summed E-state index contributed by atoms with van der Waals surface area (Å²) in [7, 11) is -0.711. The van der Waals surface area contributed by atoms with Crippen molar-refractivity contribution >= 4 is 16.6 Å².